The molecule has 0 saturated heterocycles. The molecule has 0 aliphatic heterocycles. The smallest absolute Gasteiger partial charge is 0.0224 e. The van der Waals surface area contributed by atoms with Crippen LogP contribution in [0.2, 0.25) is 0 Å². The molecule has 0 bridgehead atoms. The average Bonchev–Trinajstić information content (AvgIpc) is 2.66. The summed E-state index contributed by atoms with van der Waals surface area (Å²) in [7, 11) is 0. The summed E-state index contributed by atoms with van der Waals surface area (Å²) in [4.78, 5) is 0. The van der Waals surface area contributed by atoms with Crippen molar-refractivity contribution in [2.45, 2.75) is 39.5 Å². The third kappa shape index (κ3) is 9.65. The zero-order valence-electron chi connectivity index (χ0n) is 15.6. The second kappa shape index (κ2) is 13.2. The first-order valence-corrected chi connectivity index (χ1v) is 9.00. The van der Waals surface area contributed by atoms with E-state index in [4.69, 9.17) is 0 Å². The molecule has 134 valence electrons. The van der Waals surface area contributed by atoms with E-state index in [-0.39, 0.29) is 0 Å². The number of nitrogens with two attached hydrogens (primary N) is 2. The van der Waals surface area contributed by atoms with Crippen molar-refractivity contribution < 1.29 is 0 Å². The van der Waals surface area contributed by atoms with Crippen molar-refractivity contribution in [2.75, 3.05) is 0 Å². The standard InChI is InChI=1S/C16H18.C7H10.H4N2/c1-14-7-5-11-16(13-14)12-6-10-15-8-3-2-4-9-15;1-7-5-3-2-4-6-7;1-2/h2-5,7-9,11,13H,6,10,12H2,1H3;2-5,7H,6H2,1H3;1-2H2/t;7-;/m.0./s1. The quantitative estimate of drug-likeness (QED) is 0.601. The van der Waals surface area contributed by atoms with E-state index in [1.165, 1.54) is 42.4 Å². The van der Waals surface area contributed by atoms with Gasteiger partial charge in [-0.05, 0) is 49.7 Å². The van der Waals surface area contributed by atoms with Gasteiger partial charge in [-0.25, -0.2) is 0 Å². The fraction of sp³-hybridized carbons (Fsp3) is 0.304. The van der Waals surface area contributed by atoms with Crippen molar-refractivity contribution in [3.05, 3.63) is 95.6 Å². The van der Waals surface area contributed by atoms with Gasteiger partial charge in [0.1, 0.15) is 0 Å². The zero-order chi connectivity index (χ0) is 18.3. The van der Waals surface area contributed by atoms with Crippen LogP contribution >= 0.6 is 0 Å². The van der Waals surface area contributed by atoms with Crippen molar-refractivity contribution in [3.8, 4) is 0 Å². The Morgan fingerprint density at radius 1 is 0.880 bits per heavy atom. The van der Waals surface area contributed by atoms with E-state index in [2.05, 4.69) is 104 Å². The van der Waals surface area contributed by atoms with Gasteiger partial charge in [-0.15, -0.1) is 0 Å². The van der Waals surface area contributed by atoms with Crippen molar-refractivity contribution >= 4 is 0 Å². The Bertz CT molecular complexity index is 630. The molecule has 0 heterocycles. The Labute approximate surface area is 153 Å². The highest BCUT2D eigenvalue weighted by atomic mass is 15.0. The maximum atomic E-state index is 4.00. The Balaban J connectivity index is 0.000000290. The van der Waals surface area contributed by atoms with Crippen LogP contribution in [0.1, 0.15) is 36.5 Å². The molecule has 0 fully saturated rings. The van der Waals surface area contributed by atoms with Gasteiger partial charge >= 0.3 is 0 Å². The molecule has 0 spiro atoms. The second-order valence-corrected chi connectivity index (χ2v) is 6.35. The number of hydrazine groups is 1. The average molecular weight is 337 g/mol. The third-order valence-corrected chi connectivity index (χ3v) is 4.05. The van der Waals surface area contributed by atoms with Crippen LogP contribution in [0.25, 0.3) is 0 Å². The SMILES string of the molecule is C[C@H]1C=CC=CC1.Cc1cccc(CCCc2ccccc2)c1.NN. The molecule has 2 aromatic carbocycles. The lowest BCUT2D eigenvalue weighted by molar-refractivity contribution is 0.737. The first-order chi connectivity index (χ1) is 12.2. The third-order valence-electron chi connectivity index (χ3n) is 4.05. The van der Waals surface area contributed by atoms with Gasteiger partial charge in [-0.1, -0.05) is 91.4 Å². The van der Waals surface area contributed by atoms with E-state index in [9.17, 15) is 0 Å². The second-order valence-electron chi connectivity index (χ2n) is 6.35. The van der Waals surface area contributed by atoms with Gasteiger partial charge in [-0.3, -0.25) is 11.7 Å². The van der Waals surface area contributed by atoms with Gasteiger partial charge in [0.05, 0.1) is 0 Å². The van der Waals surface area contributed by atoms with Crippen LogP contribution in [0.15, 0.2) is 78.9 Å². The molecule has 1 atom stereocenters. The number of allylic oxidation sites excluding steroid dienone is 4. The van der Waals surface area contributed by atoms with E-state index in [0.29, 0.717) is 0 Å². The molecule has 0 saturated carbocycles. The minimum absolute atomic E-state index is 0.769. The maximum absolute atomic E-state index is 4.00. The van der Waals surface area contributed by atoms with Crippen LogP contribution in [-0.2, 0) is 12.8 Å². The molecular weight excluding hydrogens is 304 g/mol. The summed E-state index contributed by atoms with van der Waals surface area (Å²) >= 11 is 0. The van der Waals surface area contributed by atoms with E-state index in [0.717, 1.165) is 5.92 Å². The van der Waals surface area contributed by atoms with Crippen molar-refractivity contribution in [1.29, 1.82) is 0 Å². The molecule has 4 N–H and O–H groups in total. The highest BCUT2D eigenvalue weighted by molar-refractivity contribution is 5.22. The lowest BCUT2D eigenvalue weighted by Gasteiger charge is -2.03. The predicted molar refractivity (Wildman–Crippen MR) is 110 cm³/mol. The van der Waals surface area contributed by atoms with Gasteiger partial charge in [0, 0.05) is 0 Å². The summed E-state index contributed by atoms with van der Waals surface area (Å²) in [6, 6.07) is 19.5. The van der Waals surface area contributed by atoms with Crippen LogP contribution in [-0.4, -0.2) is 0 Å². The fourth-order valence-electron chi connectivity index (χ4n) is 2.71. The van der Waals surface area contributed by atoms with Crippen LogP contribution in [0.4, 0.5) is 0 Å². The van der Waals surface area contributed by atoms with Crippen LogP contribution in [0, 0.1) is 12.8 Å². The number of rotatable bonds is 4. The van der Waals surface area contributed by atoms with Gasteiger partial charge in [-0.2, -0.15) is 0 Å². The lowest BCUT2D eigenvalue weighted by Crippen LogP contribution is -2.02. The number of aryl methyl sites for hydroxylation is 3. The largest absolute Gasteiger partial charge is 0.274 e. The molecule has 0 aromatic heterocycles. The summed E-state index contributed by atoms with van der Waals surface area (Å²) in [5.41, 5.74) is 4.25. The normalized spacial score (nSPS) is 14.8. The van der Waals surface area contributed by atoms with Gasteiger partial charge in [0.15, 0.2) is 0 Å². The van der Waals surface area contributed by atoms with Gasteiger partial charge in [0.2, 0.25) is 0 Å². The molecule has 1 aliphatic rings. The van der Waals surface area contributed by atoms with E-state index >= 15 is 0 Å². The highest BCUT2D eigenvalue weighted by Gasteiger charge is 1.95. The van der Waals surface area contributed by atoms with Crippen molar-refractivity contribution in [2.24, 2.45) is 17.6 Å². The van der Waals surface area contributed by atoms with E-state index in [1.54, 1.807) is 0 Å². The Morgan fingerprint density at radius 3 is 2.12 bits per heavy atom. The summed E-state index contributed by atoms with van der Waals surface area (Å²) in [6.45, 7) is 4.38. The topological polar surface area (TPSA) is 52.0 Å². The monoisotopic (exact) mass is 336 g/mol. The molecule has 2 heteroatoms. The van der Waals surface area contributed by atoms with Gasteiger partial charge in [0.25, 0.3) is 0 Å². The van der Waals surface area contributed by atoms with Crippen LogP contribution in [0.5, 0.6) is 0 Å². The summed E-state index contributed by atoms with van der Waals surface area (Å²) in [5.74, 6) is 8.77. The molecule has 1 aliphatic carbocycles. The first-order valence-electron chi connectivity index (χ1n) is 9.00. The Kier molecular flexibility index (Phi) is 11.0. The molecule has 0 amide bonds. The van der Waals surface area contributed by atoms with Crippen LogP contribution in [0.3, 0.4) is 0 Å². The molecule has 2 nitrogen and oxygen atoms in total. The number of hydrogen-bond donors (Lipinski definition) is 2. The van der Waals surface area contributed by atoms with E-state index < -0.39 is 0 Å². The minimum Gasteiger partial charge on any atom is -0.274 e. The molecule has 0 unspecified atom stereocenters. The summed E-state index contributed by atoms with van der Waals surface area (Å²) in [5, 5.41) is 0. The molecule has 2 aromatic rings. The molecule has 3 rings (SSSR count). The molecule has 25 heavy (non-hydrogen) atoms. The molecule has 0 radical (unpaired) electrons. The predicted octanol–water partition coefficient (Wildman–Crippen LogP) is 5.13. The summed E-state index contributed by atoms with van der Waals surface area (Å²) < 4.78 is 0. The minimum atomic E-state index is 0.769. The van der Waals surface area contributed by atoms with Crippen molar-refractivity contribution in [1.82, 2.24) is 0 Å². The Hall–Kier alpha value is -2.16. The van der Waals surface area contributed by atoms with Crippen LogP contribution < -0.4 is 11.7 Å². The number of hydrogen-bond acceptors (Lipinski definition) is 2. The number of benzene rings is 2. The van der Waals surface area contributed by atoms with E-state index in [1.807, 2.05) is 0 Å². The fourth-order valence-corrected chi connectivity index (χ4v) is 2.71. The Morgan fingerprint density at radius 2 is 1.56 bits per heavy atom. The van der Waals surface area contributed by atoms with Crippen molar-refractivity contribution in [3.63, 3.8) is 0 Å². The van der Waals surface area contributed by atoms with Gasteiger partial charge < -0.3 is 0 Å². The zero-order valence-corrected chi connectivity index (χ0v) is 15.6. The maximum Gasteiger partial charge on any atom is -0.0224 e. The summed E-state index contributed by atoms with van der Waals surface area (Å²) in [6.07, 6.45) is 13.4. The highest BCUT2D eigenvalue weighted by Crippen LogP contribution is 2.10. The first kappa shape index (κ1) is 20.9. The lowest BCUT2D eigenvalue weighted by atomic mass is 10.0. The molecular formula is C23H32N2.